The molecule has 0 bridgehead atoms. The van der Waals surface area contributed by atoms with Crippen LogP contribution in [0.5, 0.6) is 0 Å². The summed E-state index contributed by atoms with van der Waals surface area (Å²) in [5, 5.41) is 36.8. The zero-order chi connectivity index (χ0) is 20.4. The van der Waals surface area contributed by atoms with Crippen molar-refractivity contribution in [2.45, 2.75) is 18.8 Å². The van der Waals surface area contributed by atoms with E-state index in [-0.39, 0.29) is 11.1 Å². The van der Waals surface area contributed by atoms with Gasteiger partial charge in [0.1, 0.15) is 0 Å². The van der Waals surface area contributed by atoms with Crippen molar-refractivity contribution in [2.24, 2.45) is 0 Å². The van der Waals surface area contributed by atoms with E-state index in [4.69, 9.17) is 10.2 Å². The summed E-state index contributed by atoms with van der Waals surface area (Å²) in [6.07, 6.45) is -0.412. The number of rotatable bonds is 7. The Morgan fingerprint density at radius 1 is 0.741 bits per heavy atom. The highest BCUT2D eigenvalue weighted by atomic mass is 16.4. The molecule has 8 heteroatoms. The topological polar surface area (TPSA) is 149 Å². The molecule has 0 radical (unpaired) electrons. The third kappa shape index (κ3) is 3.95. The van der Waals surface area contributed by atoms with E-state index in [2.05, 4.69) is 0 Å². The van der Waals surface area contributed by atoms with Crippen LogP contribution in [0.15, 0.2) is 42.5 Å². The van der Waals surface area contributed by atoms with Gasteiger partial charge in [-0.25, -0.2) is 14.4 Å². The maximum Gasteiger partial charge on any atom is 0.336 e. The van der Waals surface area contributed by atoms with Crippen LogP contribution in [0.25, 0.3) is 0 Å². The summed E-state index contributed by atoms with van der Waals surface area (Å²) in [5.41, 5.74) is -1.32. The fourth-order valence-electron chi connectivity index (χ4n) is 2.90. The average Bonchev–Trinajstić information content (AvgIpc) is 2.60. The maximum atomic E-state index is 11.4. The van der Waals surface area contributed by atoms with Gasteiger partial charge in [-0.15, -0.1) is 0 Å². The van der Waals surface area contributed by atoms with Crippen molar-refractivity contribution in [3.05, 3.63) is 70.3 Å². The Labute approximate surface area is 153 Å². The minimum absolute atomic E-state index is 0.0175. The van der Waals surface area contributed by atoms with Crippen molar-refractivity contribution in [1.29, 1.82) is 0 Å². The number of carboxylic acids is 4. The van der Waals surface area contributed by atoms with Crippen LogP contribution in [-0.2, 0) is 10.2 Å². The number of carbonyl (C=O) groups is 4. The van der Waals surface area contributed by atoms with Crippen LogP contribution in [0.1, 0.15) is 55.5 Å². The van der Waals surface area contributed by atoms with Crippen molar-refractivity contribution < 1.29 is 39.6 Å². The van der Waals surface area contributed by atoms with Gasteiger partial charge in [-0.2, -0.15) is 0 Å². The third-order valence-electron chi connectivity index (χ3n) is 4.39. The van der Waals surface area contributed by atoms with E-state index in [1.165, 1.54) is 30.3 Å². The lowest BCUT2D eigenvalue weighted by Crippen LogP contribution is -2.28. The molecule has 0 heterocycles. The molecule has 2 aromatic rings. The molecule has 1 unspecified atom stereocenters. The highest BCUT2D eigenvalue weighted by Gasteiger charge is 2.33. The molecule has 2 rings (SSSR count). The zero-order valence-electron chi connectivity index (χ0n) is 14.2. The standard InChI is InChI=1S/C19H16O8/c1-19(9-15(20)21,11-4-2-10(3-5-11)16(22)23)12-6-7-13(17(24)25)14(8-12)18(26)27/h2-8H,9H2,1H3,(H,20,21)(H,22,23)(H,24,25)(H,26,27). The number of aliphatic carboxylic acids is 1. The van der Waals surface area contributed by atoms with E-state index in [1.54, 1.807) is 6.92 Å². The summed E-state index contributed by atoms with van der Waals surface area (Å²) in [4.78, 5) is 45.1. The van der Waals surface area contributed by atoms with E-state index < -0.39 is 46.8 Å². The Morgan fingerprint density at radius 2 is 1.26 bits per heavy atom. The summed E-state index contributed by atoms with van der Waals surface area (Å²) >= 11 is 0. The lowest BCUT2D eigenvalue weighted by Gasteiger charge is -2.30. The molecular formula is C19H16O8. The number of hydrogen-bond acceptors (Lipinski definition) is 4. The molecule has 1 atom stereocenters. The lowest BCUT2D eigenvalue weighted by molar-refractivity contribution is -0.138. The molecule has 2 aromatic carbocycles. The molecule has 0 saturated heterocycles. The molecule has 0 aliphatic carbocycles. The largest absolute Gasteiger partial charge is 0.481 e. The van der Waals surface area contributed by atoms with Gasteiger partial charge in [0.05, 0.1) is 23.1 Å². The van der Waals surface area contributed by atoms with Crippen LogP contribution in [0, 0.1) is 0 Å². The fraction of sp³-hybridized carbons (Fsp3) is 0.158. The lowest BCUT2D eigenvalue weighted by atomic mass is 9.73. The van der Waals surface area contributed by atoms with E-state index in [0.29, 0.717) is 5.56 Å². The first-order valence-electron chi connectivity index (χ1n) is 7.73. The molecule has 0 amide bonds. The van der Waals surface area contributed by atoms with Gasteiger partial charge in [0.2, 0.25) is 0 Å². The van der Waals surface area contributed by atoms with Gasteiger partial charge in [0.15, 0.2) is 0 Å². The van der Waals surface area contributed by atoms with Crippen molar-refractivity contribution in [1.82, 2.24) is 0 Å². The molecule has 0 saturated carbocycles. The smallest absolute Gasteiger partial charge is 0.336 e. The average molecular weight is 372 g/mol. The molecule has 0 fully saturated rings. The van der Waals surface area contributed by atoms with Crippen molar-refractivity contribution in [3.8, 4) is 0 Å². The summed E-state index contributed by atoms with van der Waals surface area (Å²) < 4.78 is 0. The van der Waals surface area contributed by atoms with Crippen LogP contribution in [-0.4, -0.2) is 44.3 Å². The molecule has 0 aliphatic heterocycles. The van der Waals surface area contributed by atoms with Gasteiger partial charge in [-0.1, -0.05) is 25.1 Å². The summed E-state index contributed by atoms with van der Waals surface area (Å²) in [6, 6.07) is 9.18. The highest BCUT2D eigenvalue weighted by molar-refractivity contribution is 6.02. The Balaban J connectivity index is 2.67. The second-order valence-electron chi connectivity index (χ2n) is 6.16. The van der Waals surface area contributed by atoms with Gasteiger partial charge >= 0.3 is 23.9 Å². The van der Waals surface area contributed by atoms with Crippen LogP contribution >= 0.6 is 0 Å². The molecule has 0 aliphatic rings. The Kier molecular flexibility index (Phi) is 5.30. The normalized spacial score (nSPS) is 12.8. The number of aromatic carboxylic acids is 3. The van der Waals surface area contributed by atoms with Crippen molar-refractivity contribution >= 4 is 23.9 Å². The Morgan fingerprint density at radius 3 is 1.70 bits per heavy atom. The fourth-order valence-corrected chi connectivity index (χ4v) is 2.90. The summed E-state index contributed by atoms with van der Waals surface area (Å²) in [6.45, 7) is 1.57. The minimum Gasteiger partial charge on any atom is -0.481 e. The Bertz CT molecular complexity index is 929. The predicted molar refractivity (Wildman–Crippen MR) is 92.5 cm³/mol. The first kappa shape index (κ1) is 19.6. The first-order chi connectivity index (χ1) is 12.6. The molecule has 4 N–H and O–H groups in total. The van der Waals surface area contributed by atoms with E-state index >= 15 is 0 Å². The van der Waals surface area contributed by atoms with Gasteiger partial charge in [-0.05, 0) is 35.4 Å². The maximum absolute atomic E-state index is 11.4. The second kappa shape index (κ2) is 7.28. The highest BCUT2D eigenvalue weighted by Crippen LogP contribution is 2.36. The van der Waals surface area contributed by atoms with Gasteiger partial charge in [0.25, 0.3) is 0 Å². The molecule has 140 valence electrons. The predicted octanol–water partition coefficient (Wildman–Crippen LogP) is 2.56. The quantitative estimate of drug-likeness (QED) is 0.579. The van der Waals surface area contributed by atoms with E-state index in [1.807, 2.05) is 0 Å². The van der Waals surface area contributed by atoms with Crippen molar-refractivity contribution in [2.75, 3.05) is 0 Å². The zero-order valence-corrected chi connectivity index (χ0v) is 14.2. The van der Waals surface area contributed by atoms with Gasteiger partial charge in [0, 0.05) is 5.41 Å². The molecule has 8 nitrogen and oxygen atoms in total. The van der Waals surface area contributed by atoms with Crippen molar-refractivity contribution in [3.63, 3.8) is 0 Å². The SMILES string of the molecule is CC(CC(=O)O)(c1ccc(C(=O)O)cc1)c1ccc(C(=O)O)c(C(=O)O)c1. The van der Waals surface area contributed by atoms with Crippen LogP contribution < -0.4 is 0 Å². The van der Waals surface area contributed by atoms with Crippen LogP contribution in [0.4, 0.5) is 0 Å². The third-order valence-corrected chi connectivity index (χ3v) is 4.39. The van der Waals surface area contributed by atoms with Crippen LogP contribution in [0.3, 0.4) is 0 Å². The molecular weight excluding hydrogens is 356 g/mol. The summed E-state index contributed by atoms with van der Waals surface area (Å²) in [7, 11) is 0. The number of hydrogen-bond donors (Lipinski definition) is 4. The van der Waals surface area contributed by atoms with Crippen LogP contribution in [0.2, 0.25) is 0 Å². The number of carboxylic acid groups (broad SMARTS) is 4. The monoisotopic (exact) mass is 372 g/mol. The van der Waals surface area contributed by atoms with Gasteiger partial charge in [-0.3, -0.25) is 4.79 Å². The Hall–Kier alpha value is -3.68. The van der Waals surface area contributed by atoms with Gasteiger partial charge < -0.3 is 20.4 Å². The number of benzene rings is 2. The molecule has 0 aromatic heterocycles. The minimum atomic E-state index is -1.45. The molecule has 0 spiro atoms. The molecule has 27 heavy (non-hydrogen) atoms. The van der Waals surface area contributed by atoms with E-state index in [0.717, 1.165) is 12.1 Å². The second-order valence-corrected chi connectivity index (χ2v) is 6.16. The summed E-state index contributed by atoms with van der Waals surface area (Å²) in [5.74, 6) is -5.16. The first-order valence-corrected chi connectivity index (χ1v) is 7.73. The van der Waals surface area contributed by atoms with E-state index in [9.17, 15) is 29.4 Å².